The summed E-state index contributed by atoms with van der Waals surface area (Å²) in [7, 11) is 1.39. The molecule has 0 aliphatic heterocycles. The third kappa shape index (κ3) is 8.63. The summed E-state index contributed by atoms with van der Waals surface area (Å²) in [5.41, 5.74) is 9.49. The molecule has 0 bridgehead atoms. The second-order valence-corrected chi connectivity index (χ2v) is 7.58. The van der Waals surface area contributed by atoms with Gasteiger partial charge in [0.1, 0.15) is 17.3 Å². The first-order valence-electron chi connectivity index (χ1n) is 11.8. The summed E-state index contributed by atoms with van der Waals surface area (Å²) in [6.07, 6.45) is 0.177. The molecule has 3 aromatic carbocycles. The topological polar surface area (TPSA) is 129 Å². The summed E-state index contributed by atoms with van der Waals surface area (Å²) in [6.45, 7) is 5.03. The van der Waals surface area contributed by atoms with Gasteiger partial charge in [0.15, 0.2) is 6.10 Å². The van der Waals surface area contributed by atoms with Gasteiger partial charge in [0.2, 0.25) is 0 Å². The lowest BCUT2D eigenvalue weighted by molar-refractivity contribution is -0.148. The van der Waals surface area contributed by atoms with E-state index in [1.807, 2.05) is 86.6 Å². The molecule has 0 saturated carbocycles. The lowest BCUT2D eigenvalue weighted by Crippen LogP contribution is -2.24. The molecule has 0 aliphatic rings. The summed E-state index contributed by atoms with van der Waals surface area (Å²) < 4.78 is 16.5. The quantitative estimate of drug-likeness (QED) is 0.112. The van der Waals surface area contributed by atoms with Crippen LogP contribution in [0, 0.1) is 0 Å². The van der Waals surface area contributed by atoms with Gasteiger partial charge in [-0.25, -0.2) is 4.79 Å². The van der Waals surface area contributed by atoms with Crippen molar-refractivity contribution < 1.29 is 24.1 Å². The van der Waals surface area contributed by atoms with Crippen LogP contribution in [0.5, 0.6) is 11.5 Å². The third-order valence-corrected chi connectivity index (χ3v) is 5.24. The number of ether oxygens (including phenoxy) is 3. The number of amidine groups is 1. The minimum Gasteiger partial charge on any atom is -0.493 e. The zero-order valence-electron chi connectivity index (χ0n) is 21.0. The molecule has 0 saturated heterocycles. The molecule has 0 fully saturated rings. The van der Waals surface area contributed by atoms with E-state index in [0.29, 0.717) is 25.5 Å². The molecule has 8 nitrogen and oxygen atoms in total. The number of hydrogen-bond donors (Lipinski definition) is 3. The first-order valence-corrected chi connectivity index (χ1v) is 11.8. The van der Waals surface area contributed by atoms with Crippen LogP contribution >= 0.6 is 0 Å². The molecule has 5 N–H and O–H groups in total. The summed E-state index contributed by atoms with van der Waals surface area (Å²) in [6, 6.07) is 22.9. The molecule has 1 unspecified atom stereocenters. The fourth-order valence-corrected chi connectivity index (χ4v) is 3.30. The number of carboxylic acid groups (broad SMARTS) is 1. The van der Waals surface area contributed by atoms with Gasteiger partial charge in [0.25, 0.3) is 0 Å². The van der Waals surface area contributed by atoms with Crippen molar-refractivity contribution in [3.63, 3.8) is 0 Å². The lowest BCUT2D eigenvalue weighted by atomic mass is 10.0. The van der Waals surface area contributed by atoms with Crippen molar-refractivity contribution in [2.24, 2.45) is 16.7 Å². The molecule has 0 aromatic heterocycles. The molecule has 3 aromatic rings. The SMILES string of the molecule is CC.COC(Cc1ccc(OCCCOc2ccc(-c3ccc(/C(N)=N/N)cc3)cc2)cc1)C(=O)O. The predicted molar refractivity (Wildman–Crippen MR) is 142 cm³/mol. The van der Waals surface area contributed by atoms with Gasteiger partial charge in [0.05, 0.1) is 13.2 Å². The molecule has 3 rings (SSSR count). The summed E-state index contributed by atoms with van der Waals surface area (Å²) in [5, 5.41) is 12.6. The van der Waals surface area contributed by atoms with Crippen LogP contribution in [0.2, 0.25) is 0 Å². The summed E-state index contributed by atoms with van der Waals surface area (Å²) >= 11 is 0. The van der Waals surface area contributed by atoms with Gasteiger partial charge in [-0.1, -0.05) is 62.4 Å². The fourth-order valence-electron chi connectivity index (χ4n) is 3.30. The van der Waals surface area contributed by atoms with Crippen molar-refractivity contribution in [2.75, 3.05) is 20.3 Å². The smallest absolute Gasteiger partial charge is 0.333 e. The number of benzene rings is 3. The number of rotatable bonds is 12. The highest BCUT2D eigenvalue weighted by atomic mass is 16.5. The van der Waals surface area contributed by atoms with E-state index >= 15 is 0 Å². The third-order valence-electron chi connectivity index (χ3n) is 5.24. The number of nitrogens with zero attached hydrogens (tertiary/aromatic N) is 1. The number of carbonyl (C=O) groups is 1. The number of methoxy groups -OCH3 is 1. The van der Waals surface area contributed by atoms with Gasteiger partial charge < -0.3 is 30.9 Å². The van der Waals surface area contributed by atoms with Crippen LogP contribution in [-0.2, 0) is 16.0 Å². The second-order valence-electron chi connectivity index (χ2n) is 7.58. The van der Waals surface area contributed by atoms with Crippen LogP contribution in [0.15, 0.2) is 77.9 Å². The Balaban J connectivity index is 0.00000222. The Morgan fingerprint density at radius 2 is 1.33 bits per heavy atom. The minimum atomic E-state index is -0.976. The van der Waals surface area contributed by atoms with Gasteiger partial charge >= 0.3 is 5.97 Å². The maximum Gasteiger partial charge on any atom is 0.333 e. The average Bonchev–Trinajstić information content (AvgIpc) is 2.93. The van der Waals surface area contributed by atoms with Crippen molar-refractivity contribution in [2.45, 2.75) is 32.8 Å². The normalized spacial score (nSPS) is 11.7. The standard InChI is InChI=1S/C26H29N3O5.C2H6/c1-32-24(26(30)31)17-18-3-11-22(12-4-18)33-15-2-16-34-23-13-9-20(10-14-23)19-5-7-21(8-6-19)25(27)29-28;1-2/h3-14,24H,2,15-17,28H2,1H3,(H2,27,29)(H,30,31);1-2H3. The molecular formula is C28H35N3O5. The first-order chi connectivity index (χ1) is 17.5. The van der Waals surface area contributed by atoms with E-state index in [2.05, 4.69) is 5.10 Å². The Labute approximate surface area is 212 Å². The van der Waals surface area contributed by atoms with Crippen molar-refractivity contribution in [1.29, 1.82) is 0 Å². The van der Waals surface area contributed by atoms with Crippen LogP contribution in [0.3, 0.4) is 0 Å². The van der Waals surface area contributed by atoms with E-state index in [9.17, 15) is 4.79 Å². The van der Waals surface area contributed by atoms with Crippen LogP contribution in [0.25, 0.3) is 11.1 Å². The zero-order chi connectivity index (χ0) is 26.3. The second kappa shape index (κ2) is 15.1. The Morgan fingerprint density at radius 3 is 1.78 bits per heavy atom. The fraction of sp³-hybridized carbons (Fsp3) is 0.286. The monoisotopic (exact) mass is 493 g/mol. The molecule has 0 heterocycles. The van der Waals surface area contributed by atoms with Crippen molar-refractivity contribution in [3.8, 4) is 22.6 Å². The zero-order valence-corrected chi connectivity index (χ0v) is 21.0. The van der Waals surface area contributed by atoms with E-state index in [0.717, 1.165) is 40.2 Å². The highest BCUT2D eigenvalue weighted by molar-refractivity contribution is 5.97. The summed E-state index contributed by atoms with van der Waals surface area (Å²) in [4.78, 5) is 11.1. The molecule has 0 spiro atoms. The molecule has 1 atom stereocenters. The van der Waals surface area contributed by atoms with Crippen LogP contribution in [-0.4, -0.2) is 43.3 Å². The maximum absolute atomic E-state index is 11.1. The minimum absolute atomic E-state index is 0.298. The Kier molecular flexibility index (Phi) is 11.8. The molecule has 192 valence electrons. The molecular weight excluding hydrogens is 458 g/mol. The van der Waals surface area contributed by atoms with Crippen LogP contribution < -0.4 is 21.1 Å². The van der Waals surface area contributed by atoms with Gasteiger partial charge in [0, 0.05) is 25.5 Å². The highest BCUT2D eigenvalue weighted by Gasteiger charge is 2.16. The Morgan fingerprint density at radius 1 is 0.861 bits per heavy atom. The number of carboxylic acids is 1. The van der Waals surface area contributed by atoms with Crippen LogP contribution in [0.4, 0.5) is 0 Å². The lowest BCUT2D eigenvalue weighted by Gasteiger charge is -2.11. The van der Waals surface area contributed by atoms with Crippen molar-refractivity contribution >= 4 is 11.8 Å². The Bertz CT molecular complexity index is 1080. The molecule has 8 heteroatoms. The molecule has 0 amide bonds. The van der Waals surface area contributed by atoms with E-state index in [1.165, 1.54) is 7.11 Å². The maximum atomic E-state index is 11.1. The van der Waals surface area contributed by atoms with Crippen molar-refractivity contribution in [3.05, 3.63) is 83.9 Å². The molecule has 36 heavy (non-hydrogen) atoms. The van der Waals surface area contributed by atoms with Gasteiger partial charge in [-0.15, -0.1) is 0 Å². The molecule has 0 radical (unpaired) electrons. The van der Waals surface area contributed by atoms with E-state index in [-0.39, 0.29) is 0 Å². The van der Waals surface area contributed by atoms with Gasteiger partial charge in [-0.05, 0) is 41.0 Å². The van der Waals surface area contributed by atoms with E-state index in [4.69, 9.17) is 30.9 Å². The van der Waals surface area contributed by atoms with E-state index in [1.54, 1.807) is 0 Å². The number of hydrazone groups is 1. The molecule has 0 aliphatic carbocycles. The Hall–Kier alpha value is -4.04. The van der Waals surface area contributed by atoms with Gasteiger partial charge in [-0.3, -0.25) is 0 Å². The largest absolute Gasteiger partial charge is 0.493 e. The first kappa shape index (κ1) is 28.2. The highest BCUT2D eigenvalue weighted by Crippen LogP contribution is 2.23. The predicted octanol–water partition coefficient (Wildman–Crippen LogP) is 4.45. The average molecular weight is 494 g/mol. The van der Waals surface area contributed by atoms with Crippen LogP contribution in [0.1, 0.15) is 31.4 Å². The van der Waals surface area contributed by atoms with Gasteiger partial charge in [-0.2, -0.15) is 5.10 Å². The number of nitrogens with two attached hydrogens (primary N) is 2. The summed E-state index contributed by atoms with van der Waals surface area (Å²) in [5.74, 6) is 6.05. The number of hydrogen-bond acceptors (Lipinski definition) is 6. The van der Waals surface area contributed by atoms with E-state index < -0.39 is 12.1 Å². The number of aliphatic carboxylic acids is 1. The van der Waals surface area contributed by atoms with Crippen molar-refractivity contribution in [1.82, 2.24) is 0 Å².